The topological polar surface area (TPSA) is 131 Å². The Balaban J connectivity index is 1.65. The monoisotopic (exact) mass is 423 g/mol. The molecule has 0 aliphatic carbocycles. The van der Waals surface area contributed by atoms with Crippen LogP contribution in [0.3, 0.4) is 0 Å². The van der Waals surface area contributed by atoms with Gasteiger partial charge in [0.1, 0.15) is 18.8 Å². The zero-order valence-electron chi connectivity index (χ0n) is 17.0. The average Bonchev–Trinajstić information content (AvgIpc) is 3.10. The second-order valence-electron chi connectivity index (χ2n) is 7.33. The Bertz CT molecular complexity index is 1200. The number of nitrogens with zero attached hydrogens (tertiary/aromatic N) is 4. The van der Waals surface area contributed by atoms with Crippen molar-refractivity contribution in [2.45, 2.75) is 26.5 Å². The van der Waals surface area contributed by atoms with E-state index in [0.717, 1.165) is 22.2 Å². The van der Waals surface area contributed by atoms with E-state index in [1.165, 1.54) is 4.57 Å². The quantitative estimate of drug-likeness (QED) is 0.339. The standard InChI is InChI=1S/C21H21N5O5/c1-3-22-17-8-7-16-19-14(17)5-4-6-15(19)20(28)25(21(16)29)11-13(27)10-24-12(2)23-9-18(24)26(30)31/h4-9,13,22,27H,3,10-11H2,1-2H3. The van der Waals surface area contributed by atoms with Crippen LogP contribution in [0.25, 0.3) is 10.8 Å². The van der Waals surface area contributed by atoms with Crippen LogP contribution >= 0.6 is 0 Å². The first kappa shape index (κ1) is 20.5. The van der Waals surface area contributed by atoms with E-state index in [0.29, 0.717) is 28.9 Å². The number of amides is 2. The Morgan fingerprint density at radius 3 is 2.55 bits per heavy atom. The molecule has 2 aromatic carbocycles. The smallest absolute Gasteiger partial charge is 0.342 e. The van der Waals surface area contributed by atoms with Crippen LogP contribution in [0.4, 0.5) is 11.5 Å². The van der Waals surface area contributed by atoms with Gasteiger partial charge < -0.3 is 20.5 Å². The molecule has 160 valence electrons. The number of carbonyl (C=O) groups is 2. The Kier molecular flexibility index (Phi) is 5.15. The third-order valence-corrected chi connectivity index (χ3v) is 5.37. The number of nitrogens with one attached hydrogen (secondary N) is 1. The number of nitro groups is 1. The SMILES string of the molecule is CCNc1ccc2c3c(cccc13)C(=O)N(CC(O)Cn1c([N+](=O)[O-])cnc1C)C2=O. The third kappa shape index (κ3) is 3.40. The van der Waals surface area contributed by atoms with Gasteiger partial charge in [-0.15, -0.1) is 0 Å². The number of hydrogen-bond acceptors (Lipinski definition) is 7. The number of carbonyl (C=O) groups excluding carboxylic acids is 2. The molecule has 3 aromatic rings. The van der Waals surface area contributed by atoms with Crippen molar-refractivity contribution in [1.29, 1.82) is 0 Å². The lowest BCUT2D eigenvalue weighted by atomic mass is 9.93. The summed E-state index contributed by atoms with van der Waals surface area (Å²) < 4.78 is 1.25. The Morgan fingerprint density at radius 1 is 1.16 bits per heavy atom. The van der Waals surface area contributed by atoms with Crippen LogP contribution in [0.2, 0.25) is 0 Å². The molecule has 1 unspecified atom stereocenters. The van der Waals surface area contributed by atoms with Gasteiger partial charge in [0.15, 0.2) is 5.82 Å². The van der Waals surface area contributed by atoms with Gasteiger partial charge in [0.25, 0.3) is 11.8 Å². The summed E-state index contributed by atoms with van der Waals surface area (Å²) in [6.45, 7) is 3.77. The van der Waals surface area contributed by atoms with E-state index in [1.54, 1.807) is 31.2 Å². The number of imide groups is 1. The molecule has 1 aliphatic rings. The second kappa shape index (κ2) is 7.80. The van der Waals surface area contributed by atoms with Gasteiger partial charge in [-0.25, -0.2) is 9.55 Å². The number of anilines is 1. The largest absolute Gasteiger partial charge is 0.387 e. The van der Waals surface area contributed by atoms with Crippen LogP contribution in [0.15, 0.2) is 36.5 Å². The van der Waals surface area contributed by atoms with Gasteiger partial charge in [0, 0.05) is 41.1 Å². The maximum atomic E-state index is 13.1. The highest BCUT2D eigenvalue weighted by molar-refractivity contribution is 6.26. The number of aliphatic hydroxyl groups excluding tert-OH is 1. The molecule has 1 aromatic heterocycles. The highest BCUT2D eigenvalue weighted by atomic mass is 16.6. The molecular weight excluding hydrogens is 402 g/mol. The third-order valence-electron chi connectivity index (χ3n) is 5.37. The van der Waals surface area contributed by atoms with Crippen molar-refractivity contribution >= 4 is 34.1 Å². The lowest BCUT2D eigenvalue weighted by Gasteiger charge is -2.29. The first-order chi connectivity index (χ1) is 14.8. The number of benzene rings is 2. The average molecular weight is 423 g/mol. The summed E-state index contributed by atoms with van der Waals surface area (Å²) in [5.41, 5.74) is 1.59. The van der Waals surface area contributed by atoms with E-state index in [9.17, 15) is 24.8 Å². The van der Waals surface area contributed by atoms with Gasteiger partial charge in [0.05, 0.1) is 6.54 Å². The molecule has 0 fully saturated rings. The fraction of sp³-hybridized carbons (Fsp3) is 0.286. The molecule has 10 nitrogen and oxygen atoms in total. The van der Waals surface area contributed by atoms with Crippen molar-refractivity contribution in [3.63, 3.8) is 0 Å². The first-order valence-electron chi connectivity index (χ1n) is 9.83. The molecule has 4 rings (SSSR count). The summed E-state index contributed by atoms with van der Waals surface area (Å²) in [4.78, 5) is 41.7. The summed E-state index contributed by atoms with van der Waals surface area (Å²) in [5.74, 6) is -0.924. The number of rotatable bonds is 7. The molecule has 1 aliphatic heterocycles. The minimum atomic E-state index is -1.21. The molecule has 0 radical (unpaired) electrons. The van der Waals surface area contributed by atoms with Crippen LogP contribution in [0, 0.1) is 17.0 Å². The first-order valence-corrected chi connectivity index (χ1v) is 9.83. The highest BCUT2D eigenvalue weighted by Crippen LogP contribution is 2.34. The fourth-order valence-electron chi connectivity index (χ4n) is 3.96. The number of imidazole rings is 1. The maximum Gasteiger partial charge on any atom is 0.342 e. The lowest BCUT2D eigenvalue weighted by molar-refractivity contribution is -0.392. The second-order valence-corrected chi connectivity index (χ2v) is 7.33. The molecule has 2 N–H and O–H groups in total. The molecule has 2 amide bonds. The number of aliphatic hydroxyl groups is 1. The van der Waals surface area contributed by atoms with Crippen LogP contribution in [-0.2, 0) is 6.54 Å². The number of β-amino-alcohol motifs (C(OH)–C–C–N with tert-alkyl or cyclic N) is 1. The zero-order valence-corrected chi connectivity index (χ0v) is 17.0. The van der Waals surface area contributed by atoms with Gasteiger partial charge in [-0.05, 0) is 30.0 Å². The van der Waals surface area contributed by atoms with Gasteiger partial charge in [-0.2, -0.15) is 0 Å². The van der Waals surface area contributed by atoms with Gasteiger partial charge in [-0.1, -0.05) is 12.1 Å². The summed E-state index contributed by atoms with van der Waals surface area (Å²) >= 11 is 0. The van der Waals surface area contributed by atoms with Gasteiger partial charge >= 0.3 is 5.82 Å². The van der Waals surface area contributed by atoms with Crippen molar-refractivity contribution < 1.29 is 19.6 Å². The maximum absolute atomic E-state index is 13.1. The van der Waals surface area contributed by atoms with Crippen molar-refractivity contribution in [2.24, 2.45) is 0 Å². The molecule has 0 spiro atoms. The van der Waals surface area contributed by atoms with Gasteiger partial charge in [0.2, 0.25) is 0 Å². The van der Waals surface area contributed by atoms with E-state index in [2.05, 4.69) is 10.3 Å². The van der Waals surface area contributed by atoms with Crippen molar-refractivity contribution in [1.82, 2.24) is 14.5 Å². The summed E-state index contributed by atoms with van der Waals surface area (Å²) in [6.07, 6.45) is -0.0979. The Labute approximate surface area is 177 Å². The normalized spacial score (nSPS) is 14.2. The van der Waals surface area contributed by atoms with E-state index in [1.807, 2.05) is 13.0 Å². The van der Waals surface area contributed by atoms with Crippen molar-refractivity contribution in [2.75, 3.05) is 18.4 Å². The Morgan fingerprint density at radius 2 is 1.87 bits per heavy atom. The predicted octanol–water partition coefficient (Wildman–Crippen LogP) is 2.34. The molecule has 0 bridgehead atoms. The van der Waals surface area contributed by atoms with Crippen molar-refractivity contribution in [3.05, 3.63) is 63.6 Å². The summed E-state index contributed by atoms with van der Waals surface area (Å²) in [5, 5.41) is 26.3. The fourth-order valence-corrected chi connectivity index (χ4v) is 3.96. The van der Waals surface area contributed by atoms with Crippen LogP contribution in [-0.4, -0.2) is 55.5 Å². The molecule has 10 heteroatoms. The molecule has 0 saturated carbocycles. The minimum Gasteiger partial charge on any atom is -0.387 e. The van der Waals surface area contributed by atoms with E-state index in [4.69, 9.17) is 0 Å². The van der Waals surface area contributed by atoms with Crippen LogP contribution in [0.1, 0.15) is 33.5 Å². The van der Waals surface area contributed by atoms with E-state index in [-0.39, 0.29) is 18.9 Å². The molecule has 2 heterocycles. The van der Waals surface area contributed by atoms with Crippen molar-refractivity contribution in [3.8, 4) is 0 Å². The molecular formula is C21H21N5O5. The Hall–Kier alpha value is -3.79. The number of aryl methyl sites for hydroxylation is 1. The van der Waals surface area contributed by atoms with E-state index < -0.39 is 22.8 Å². The van der Waals surface area contributed by atoms with E-state index >= 15 is 0 Å². The highest BCUT2D eigenvalue weighted by Gasteiger charge is 2.35. The number of hydrogen-bond donors (Lipinski definition) is 2. The summed E-state index contributed by atoms with van der Waals surface area (Å²) in [7, 11) is 0. The molecule has 31 heavy (non-hydrogen) atoms. The molecule has 0 saturated heterocycles. The zero-order chi connectivity index (χ0) is 22.3. The molecule has 1 atom stereocenters. The predicted molar refractivity (Wildman–Crippen MR) is 113 cm³/mol. The van der Waals surface area contributed by atoms with Crippen LogP contribution in [0.5, 0.6) is 0 Å². The lowest BCUT2D eigenvalue weighted by Crippen LogP contribution is -2.45. The van der Waals surface area contributed by atoms with Gasteiger partial charge in [-0.3, -0.25) is 14.5 Å². The summed E-state index contributed by atoms with van der Waals surface area (Å²) in [6, 6.07) is 8.73. The number of aromatic nitrogens is 2. The van der Waals surface area contributed by atoms with Crippen LogP contribution < -0.4 is 5.32 Å². The minimum absolute atomic E-state index is 0.171.